The van der Waals surface area contributed by atoms with Crippen LogP contribution in [0.2, 0.25) is 0 Å². The van der Waals surface area contributed by atoms with E-state index in [1.807, 2.05) is 30.3 Å². The van der Waals surface area contributed by atoms with E-state index in [4.69, 9.17) is 17.2 Å². The molecule has 0 fully saturated rings. The van der Waals surface area contributed by atoms with Crippen molar-refractivity contribution in [3.05, 3.63) is 48.0 Å². The maximum atomic E-state index is 11.1. The number of hydrogen-bond donors (Lipinski definition) is 5. The number of pyridine rings is 1. The fraction of sp³-hybridized carbons (Fsp3) is 0.0769. The van der Waals surface area contributed by atoms with Crippen LogP contribution >= 0.6 is 0 Å². The van der Waals surface area contributed by atoms with Crippen molar-refractivity contribution in [2.24, 2.45) is 17.2 Å². The molecule has 0 atom stereocenters. The molecule has 0 aliphatic carbocycles. The van der Waals surface area contributed by atoms with Crippen LogP contribution in [0.15, 0.2) is 48.0 Å². The Morgan fingerprint density at radius 2 is 2.05 bits per heavy atom. The minimum Gasteiger partial charge on any atom is -0.391 e. The molecule has 0 saturated heterocycles. The van der Waals surface area contributed by atoms with Gasteiger partial charge in [-0.15, -0.1) is 0 Å². The number of anilines is 1. The monoisotopic (exact) mass is 272 g/mol. The van der Waals surface area contributed by atoms with Gasteiger partial charge < -0.3 is 27.8 Å². The molecule has 1 aromatic carbocycles. The Labute approximate surface area is 115 Å². The summed E-state index contributed by atoms with van der Waals surface area (Å²) in [7, 11) is 0. The average Bonchev–Trinajstić information content (AvgIpc) is 2.46. The molecule has 8 N–H and O–H groups in total. The molecular weight excluding hydrogens is 256 g/mol. The second-order valence-electron chi connectivity index (χ2n) is 4.07. The van der Waals surface area contributed by atoms with Gasteiger partial charge in [0, 0.05) is 17.3 Å². The van der Waals surface area contributed by atoms with E-state index in [0.717, 1.165) is 16.6 Å². The summed E-state index contributed by atoms with van der Waals surface area (Å²) in [4.78, 5) is 15.4. The van der Waals surface area contributed by atoms with Crippen LogP contribution in [0.5, 0.6) is 0 Å². The van der Waals surface area contributed by atoms with Gasteiger partial charge in [0.2, 0.25) is 0 Å². The first kappa shape index (κ1) is 13.6. The summed E-state index contributed by atoms with van der Waals surface area (Å²) in [6, 6.07) is 9.35. The van der Waals surface area contributed by atoms with E-state index < -0.39 is 5.91 Å². The van der Waals surface area contributed by atoms with Gasteiger partial charge in [-0.1, -0.05) is 6.07 Å². The van der Waals surface area contributed by atoms with Crippen LogP contribution in [0.3, 0.4) is 0 Å². The summed E-state index contributed by atoms with van der Waals surface area (Å²) in [5.74, 6) is -0.445. The topological polar surface area (TPSA) is 132 Å². The molecule has 7 heteroatoms. The molecule has 1 aromatic heterocycles. The zero-order chi connectivity index (χ0) is 14.5. The zero-order valence-electron chi connectivity index (χ0n) is 10.8. The molecule has 0 unspecified atom stereocenters. The van der Waals surface area contributed by atoms with E-state index in [9.17, 15) is 4.79 Å². The summed E-state index contributed by atoms with van der Waals surface area (Å²) in [6.07, 6.45) is 1.72. The number of benzene rings is 1. The number of nitrogens with zero attached hydrogens (tertiary/aromatic N) is 1. The highest BCUT2D eigenvalue weighted by Crippen LogP contribution is 2.18. The maximum absolute atomic E-state index is 11.1. The number of carbonyl (C=O) groups is 1. The lowest BCUT2D eigenvalue weighted by Gasteiger charge is -2.14. The predicted octanol–water partition coefficient (Wildman–Crippen LogP) is -0.234. The van der Waals surface area contributed by atoms with Gasteiger partial charge in [-0.3, -0.25) is 9.78 Å². The van der Waals surface area contributed by atoms with Gasteiger partial charge in [-0.25, -0.2) is 0 Å². The number of fused-ring (bicyclic) bond motifs is 1. The molecule has 2 rings (SSSR count). The number of aromatic nitrogens is 1. The summed E-state index contributed by atoms with van der Waals surface area (Å²) >= 11 is 0. The molecule has 7 nitrogen and oxygen atoms in total. The van der Waals surface area contributed by atoms with Gasteiger partial charge >= 0.3 is 0 Å². The van der Waals surface area contributed by atoms with Crippen LogP contribution in [0.1, 0.15) is 0 Å². The molecule has 1 heterocycles. The SMILES string of the molecule is NCN/C(Nc1ccc2ncccc2c1)=C(\N)C(N)=O. The smallest absolute Gasteiger partial charge is 0.268 e. The number of nitrogens with one attached hydrogen (secondary N) is 2. The van der Waals surface area contributed by atoms with Crippen molar-refractivity contribution in [3.8, 4) is 0 Å². The van der Waals surface area contributed by atoms with Gasteiger partial charge in [0.1, 0.15) is 11.5 Å². The molecule has 0 spiro atoms. The molecule has 1 amide bonds. The van der Waals surface area contributed by atoms with Crippen molar-refractivity contribution >= 4 is 22.5 Å². The predicted molar refractivity (Wildman–Crippen MR) is 78.0 cm³/mol. The lowest BCUT2D eigenvalue weighted by molar-refractivity contribution is -0.114. The van der Waals surface area contributed by atoms with E-state index in [-0.39, 0.29) is 18.2 Å². The second-order valence-corrected chi connectivity index (χ2v) is 4.07. The Hall–Kier alpha value is -2.80. The average molecular weight is 272 g/mol. The van der Waals surface area contributed by atoms with Crippen LogP contribution < -0.4 is 27.8 Å². The highest BCUT2D eigenvalue weighted by Gasteiger charge is 2.08. The van der Waals surface area contributed by atoms with Crippen molar-refractivity contribution in [1.29, 1.82) is 0 Å². The third kappa shape index (κ3) is 2.96. The summed E-state index contributed by atoms with van der Waals surface area (Å²) in [6.45, 7) is 0.117. The van der Waals surface area contributed by atoms with Crippen LogP contribution in [0, 0.1) is 0 Å². The van der Waals surface area contributed by atoms with Gasteiger partial charge in [0.25, 0.3) is 5.91 Å². The van der Waals surface area contributed by atoms with Crippen LogP contribution in [0.4, 0.5) is 5.69 Å². The molecular formula is C13H16N6O. The minimum absolute atomic E-state index is 0.110. The van der Waals surface area contributed by atoms with E-state index in [1.54, 1.807) is 6.20 Å². The number of primary amides is 1. The van der Waals surface area contributed by atoms with Crippen LogP contribution in [-0.4, -0.2) is 17.6 Å². The largest absolute Gasteiger partial charge is 0.391 e. The van der Waals surface area contributed by atoms with Crippen LogP contribution in [0.25, 0.3) is 10.9 Å². The second kappa shape index (κ2) is 5.89. The standard InChI is InChI=1S/C13H16N6O/c14-7-18-13(11(15)12(16)20)19-9-3-4-10-8(6-9)2-1-5-17-10/h1-6,18-19H,7,14-15H2,(H2,16,20)/b13-11+. The normalized spacial score (nSPS) is 11.8. The highest BCUT2D eigenvalue weighted by atomic mass is 16.1. The summed E-state index contributed by atoms with van der Waals surface area (Å²) in [5, 5.41) is 6.71. The van der Waals surface area contributed by atoms with Crippen molar-refractivity contribution < 1.29 is 4.79 Å². The minimum atomic E-state index is -0.726. The Morgan fingerprint density at radius 3 is 2.75 bits per heavy atom. The number of nitrogens with two attached hydrogens (primary N) is 3. The van der Waals surface area contributed by atoms with E-state index in [2.05, 4.69) is 15.6 Å². The van der Waals surface area contributed by atoms with Gasteiger partial charge in [0.15, 0.2) is 0 Å². The fourth-order valence-corrected chi connectivity index (χ4v) is 1.73. The highest BCUT2D eigenvalue weighted by molar-refractivity contribution is 5.92. The fourth-order valence-electron chi connectivity index (χ4n) is 1.73. The number of amides is 1. The first-order chi connectivity index (χ1) is 9.61. The number of carbonyl (C=O) groups excluding carboxylic acids is 1. The van der Waals surface area contributed by atoms with Gasteiger partial charge in [-0.05, 0) is 24.3 Å². The van der Waals surface area contributed by atoms with Crippen LogP contribution in [-0.2, 0) is 4.79 Å². The molecule has 0 radical (unpaired) electrons. The Balaban J connectivity index is 2.33. The van der Waals surface area contributed by atoms with E-state index in [0.29, 0.717) is 0 Å². The lowest BCUT2D eigenvalue weighted by atomic mass is 10.2. The first-order valence-corrected chi connectivity index (χ1v) is 5.97. The van der Waals surface area contributed by atoms with E-state index >= 15 is 0 Å². The quantitative estimate of drug-likeness (QED) is 0.377. The van der Waals surface area contributed by atoms with Crippen molar-refractivity contribution in [3.63, 3.8) is 0 Å². The Kier molecular flexibility index (Phi) is 4.02. The lowest BCUT2D eigenvalue weighted by Crippen LogP contribution is -2.33. The third-order valence-electron chi connectivity index (χ3n) is 2.69. The van der Waals surface area contributed by atoms with Crippen molar-refractivity contribution in [2.75, 3.05) is 12.0 Å². The van der Waals surface area contributed by atoms with E-state index in [1.165, 1.54) is 0 Å². The molecule has 0 aliphatic heterocycles. The maximum Gasteiger partial charge on any atom is 0.268 e. The third-order valence-corrected chi connectivity index (χ3v) is 2.69. The Morgan fingerprint density at radius 1 is 1.25 bits per heavy atom. The molecule has 0 aliphatic rings. The van der Waals surface area contributed by atoms with Gasteiger partial charge in [0.05, 0.1) is 12.2 Å². The molecule has 20 heavy (non-hydrogen) atoms. The summed E-state index contributed by atoms with van der Waals surface area (Å²) in [5.41, 5.74) is 17.7. The Bertz CT molecular complexity index is 667. The van der Waals surface area contributed by atoms with Gasteiger partial charge in [-0.2, -0.15) is 0 Å². The number of rotatable bonds is 5. The first-order valence-electron chi connectivity index (χ1n) is 5.97. The summed E-state index contributed by atoms with van der Waals surface area (Å²) < 4.78 is 0. The molecule has 2 aromatic rings. The zero-order valence-corrected chi connectivity index (χ0v) is 10.8. The molecule has 104 valence electrons. The molecule has 0 bridgehead atoms. The van der Waals surface area contributed by atoms with Crippen molar-refractivity contribution in [1.82, 2.24) is 10.3 Å². The van der Waals surface area contributed by atoms with Crippen molar-refractivity contribution in [2.45, 2.75) is 0 Å². The molecule has 0 saturated carbocycles. The number of hydrogen-bond acceptors (Lipinski definition) is 6.